The van der Waals surface area contributed by atoms with Crippen molar-refractivity contribution in [2.75, 3.05) is 0 Å². The number of hydrogen-bond acceptors (Lipinski definition) is 1. The summed E-state index contributed by atoms with van der Waals surface area (Å²) in [4.78, 5) is 4.19. The van der Waals surface area contributed by atoms with Crippen molar-refractivity contribution in [3.05, 3.63) is 47.2 Å². The summed E-state index contributed by atoms with van der Waals surface area (Å²) in [6.45, 7) is 1.75. The van der Waals surface area contributed by atoms with Gasteiger partial charge in [-0.3, -0.25) is 4.99 Å². The van der Waals surface area contributed by atoms with Crippen molar-refractivity contribution in [1.82, 2.24) is 0 Å². The molecule has 0 N–H and O–H groups in total. The Morgan fingerprint density at radius 1 is 1.25 bits per heavy atom. The molecule has 6 heteroatoms. The first kappa shape index (κ1) is 14.7. The Hall–Kier alpha value is -1.72. The lowest BCUT2D eigenvalue weighted by atomic mass is 9.91. The average Bonchev–Trinajstić information content (AvgIpc) is 2.51. The van der Waals surface area contributed by atoms with Gasteiger partial charge in [-0.2, -0.15) is 13.2 Å². The van der Waals surface area contributed by atoms with E-state index in [1.165, 1.54) is 0 Å². The normalized spacial score (nSPS) is 24.1. The summed E-state index contributed by atoms with van der Waals surface area (Å²) >= 11 is 0. The molecule has 0 aromatic carbocycles. The maximum Gasteiger partial charge on any atom is 0.421 e. The van der Waals surface area contributed by atoms with E-state index >= 15 is 0 Å². The summed E-state index contributed by atoms with van der Waals surface area (Å²) in [5.41, 5.74) is -0.702. The molecule has 0 aromatic heterocycles. The summed E-state index contributed by atoms with van der Waals surface area (Å²) in [5.74, 6) is -3.88. The van der Waals surface area contributed by atoms with Crippen molar-refractivity contribution in [2.24, 2.45) is 10.9 Å². The molecule has 2 rings (SSSR count). The van der Waals surface area contributed by atoms with E-state index in [4.69, 9.17) is 0 Å². The van der Waals surface area contributed by atoms with Crippen LogP contribution < -0.4 is 0 Å². The van der Waals surface area contributed by atoms with Crippen molar-refractivity contribution in [3.8, 4) is 0 Å². The predicted octanol–water partition coefficient (Wildman–Crippen LogP) is 4.95. The smallest absolute Gasteiger partial charge is 0.262 e. The molecule has 0 fully saturated rings. The number of allylic oxidation sites excluding steroid dienone is 7. The zero-order valence-electron chi connectivity index (χ0n) is 10.6. The van der Waals surface area contributed by atoms with Gasteiger partial charge in [0.1, 0.15) is 17.2 Å². The Balaban J connectivity index is 2.33. The number of nitrogens with zero attached hydrogens (tertiary/aromatic N) is 1. The monoisotopic (exact) mass is 289 g/mol. The Morgan fingerprint density at radius 3 is 2.55 bits per heavy atom. The fraction of sp³-hybridized carbons (Fsp3) is 0.357. The van der Waals surface area contributed by atoms with E-state index in [0.717, 1.165) is 11.8 Å². The molecule has 0 aromatic rings. The third-order valence-corrected chi connectivity index (χ3v) is 3.06. The summed E-state index contributed by atoms with van der Waals surface area (Å²) in [5, 5.41) is 0. The number of aliphatic imine (C=N–C) groups is 1. The molecular formula is C14H12F5N. The quantitative estimate of drug-likeness (QED) is 0.606. The van der Waals surface area contributed by atoms with Gasteiger partial charge in [0.25, 0.3) is 0 Å². The molecule has 1 aliphatic heterocycles. The fourth-order valence-corrected chi connectivity index (χ4v) is 2.14. The van der Waals surface area contributed by atoms with Crippen LogP contribution in [0.3, 0.4) is 0 Å². The molecule has 1 nitrogen and oxygen atoms in total. The van der Waals surface area contributed by atoms with Crippen molar-refractivity contribution in [3.63, 3.8) is 0 Å². The van der Waals surface area contributed by atoms with Gasteiger partial charge in [-0.05, 0) is 19.1 Å². The highest BCUT2D eigenvalue weighted by atomic mass is 19.4. The van der Waals surface area contributed by atoms with Crippen LogP contribution in [-0.4, -0.2) is 11.9 Å². The Labute approximate surface area is 112 Å². The van der Waals surface area contributed by atoms with Crippen LogP contribution in [0.4, 0.5) is 22.0 Å². The summed E-state index contributed by atoms with van der Waals surface area (Å²) in [7, 11) is 0. The molecule has 1 unspecified atom stereocenters. The molecule has 1 aliphatic carbocycles. The molecule has 0 bridgehead atoms. The second kappa shape index (κ2) is 5.34. The molecule has 0 saturated heterocycles. The predicted molar refractivity (Wildman–Crippen MR) is 66.4 cm³/mol. The Morgan fingerprint density at radius 2 is 1.95 bits per heavy atom. The van der Waals surface area contributed by atoms with Gasteiger partial charge in [0.15, 0.2) is 0 Å². The Kier molecular flexibility index (Phi) is 3.92. The highest BCUT2D eigenvalue weighted by Gasteiger charge is 2.42. The molecule has 0 saturated carbocycles. The number of halogens is 5. The molecule has 0 amide bonds. The molecular weight excluding hydrogens is 277 g/mol. The molecule has 0 radical (unpaired) electrons. The lowest BCUT2D eigenvalue weighted by Crippen LogP contribution is -2.19. The molecule has 1 atom stereocenters. The zero-order valence-corrected chi connectivity index (χ0v) is 10.6. The molecule has 108 valence electrons. The SMILES string of the molecule is CC1=NC(C2C=C(F)C(C(F)(F)F)=C(F)C2)=CC=CC1. The summed E-state index contributed by atoms with van der Waals surface area (Å²) < 4.78 is 64.7. The van der Waals surface area contributed by atoms with Crippen molar-refractivity contribution >= 4 is 5.71 Å². The minimum Gasteiger partial charge on any atom is -0.262 e. The van der Waals surface area contributed by atoms with Crippen LogP contribution in [0.25, 0.3) is 0 Å². The number of hydrogen-bond donors (Lipinski definition) is 0. The maximum atomic E-state index is 13.6. The highest BCUT2D eigenvalue weighted by Crippen LogP contribution is 2.42. The van der Waals surface area contributed by atoms with E-state index in [1.54, 1.807) is 19.1 Å². The van der Waals surface area contributed by atoms with Gasteiger partial charge in [0.2, 0.25) is 0 Å². The third-order valence-electron chi connectivity index (χ3n) is 3.06. The maximum absolute atomic E-state index is 13.6. The standard InChI is InChI=1S/C14H12F5N/c1-8-4-2-3-5-12(20-8)9-6-10(15)13(11(16)7-9)14(17,18)19/h2-3,5-6,9H,4,7H2,1H3. The van der Waals surface area contributed by atoms with Gasteiger partial charge in [0, 0.05) is 30.2 Å². The molecule has 0 spiro atoms. The van der Waals surface area contributed by atoms with Gasteiger partial charge in [-0.25, -0.2) is 8.78 Å². The first-order valence-electron chi connectivity index (χ1n) is 6.03. The lowest BCUT2D eigenvalue weighted by molar-refractivity contribution is -0.0936. The second-order valence-corrected chi connectivity index (χ2v) is 4.67. The van der Waals surface area contributed by atoms with Gasteiger partial charge >= 0.3 is 6.18 Å². The van der Waals surface area contributed by atoms with Gasteiger partial charge in [-0.1, -0.05) is 12.2 Å². The first-order valence-corrected chi connectivity index (χ1v) is 6.03. The topological polar surface area (TPSA) is 12.4 Å². The van der Waals surface area contributed by atoms with Crippen LogP contribution in [0, 0.1) is 5.92 Å². The van der Waals surface area contributed by atoms with Gasteiger partial charge in [0.05, 0.1) is 0 Å². The third kappa shape index (κ3) is 3.05. The van der Waals surface area contributed by atoms with Crippen LogP contribution in [-0.2, 0) is 0 Å². The van der Waals surface area contributed by atoms with Gasteiger partial charge in [-0.15, -0.1) is 0 Å². The minimum atomic E-state index is -5.02. The van der Waals surface area contributed by atoms with Crippen LogP contribution in [0.1, 0.15) is 19.8 Å². The fourth-order valence-electron chi connectivity index (χ4n) is 2.14. The molecule has 1 heterocycles. The number of rotatable bonds is 1. The van der Waals surface area contributed by atoms with Crippen LogP contribution in [0.2, 0.25) is 0 Å². The summed E-state index contributed by atoms with van der Waals surface area (Å²) in [6, 6.07) is 0. The van der Waals surface area contributed by atoms with E-state index in [1.807, 2.05) is 6.08 Å². The van der Waals surface area contributed by atoms with E-state index in [-0.39, 0.29) is 0 Å². The molecule has 2 aliphatic rings. The highest BCUT2D eigenvalue weighted by molar-refractivity contribution is 5.84. The van der Waals surface area contributed by atoms with E-state index in [9.17, 15) is 22.0 Å². The van der Waals surface area contributed by atoms with Crippen LogP contribution in [0.5, 0.6) is 0 Å². The van der Waals surface area contributed by atoms with E-state index in [2.05, 4.69) is 4.99 Å². The van der Waals surface area contributed by atoms with Crippen LogP contribution in [0.15, 0.2) is 52.2 Å². The summed E-state index contributed by atoms with van der Waals surface area (Å²) in [6.07, 6.45) is 0.908. The zero-order chi connectivity index (χ0) is 14.9. The van der Waals surface area contributed by atoms with Gasteiger partial charge < -0.3 is 0 Å². The molecule has 20 heavy (non-hydrogen) atoms. The first-order chi connectivity index (χ1) is 9.29. The average molecular weight is 289 g/mol. The minimum absolute atomic E-state index is 0.364. The second-order valence-electron chi connectivity index (χ2n) is 4.67. The van der Waals surface area contributed by atoms with E-state index < -0.39 is 35.7 Å². The lowest BCUT2D eigenvalue weighted by Gasteiger charge is -2.21. The number of alkyl halides is 3. The van der Waals surface area contributed by atoms with Crippen molar-refractivity contribution < 1.29 is 22.0 Å². The Bertz CT molecular complexity index is 561. The van der Waals surface area contributed by atoms with Crippen LogP contribution >= 0.6 is 0 Å². The van der Waals surface area contributed by atoms with E-state index in [0.29, 0.717) is 12.1 Å². The largest absolute Gasteiger partial charge is 0.421 e. The van der Waals surface area contributed by atoms with Crippen molar-refractivity contribution in [1.29, 1.82) is 0 Å². The van der Waals surface area contributed by atoms with Crippen molar-refractivity contribution in [2.45, 2.75) is 25.9 Å².